The zero-order valence-electron chi connectivity index (χ0n) is 9.19. The molecule has 2 atom stereocenters. The van der Waals surface area contributed by atoms with Crippen LogP contribution >= 0.6 is 0 Å². The molecule has 0 saturated heterocycles. The highest BCUT2D eigenvalue weighted by Crippen LogP contribution is 2.09. The van der Waals surface area contributed by atoms with Crippen LogP contribution in [0, 0.1) is 0 Å². The molecule has 0 aromatic carbocycles. The number of hydrogen-bond donors (Lipinski definition) is 3. The van der Waals surface area contributed by atoms with E-state index < -0.39 is 29.6 Å². The molecule has 0 saturated carbocycles. The average molecular weight is 218 g/mol. The summed E-state index contributed by atoms with van der Waals surface area (Å²) in [7, 11) is 0. The summed E-state index contributed by atoms with van der Waals surface area (Å²) in [6, 6.07) is -2.19. The van der Waals surface area contributed by atoms with Crippen molar-refractivity contribution in [2.24, 2.45) is 11.5 Å². The van der Waals surface area contributed by atoms with Gasteiger partial charge >= 0.3 is 11.9 Å². The van der Waals surface area contributed by atoms with Crippen LogP contribution in [-0.2, 0) is 14.3 Å². The molecule has 6 heteroatoms. The predicted molar refractivity (Wildman–Crippen MR) is 54.0 cm³/mol. The number of nitrogens with two attached hydrogens (primary N) is 2. The Morgan fingerprint density at radius 1 is 1.33 bits per heavy atom. The number of esters is 1. The van der Waals surface area contributed by atoms with Crippen LogP contribution in [0.5, 0.6) is 0 Å². The number of rotatable bonds is 4. The third kappa shape index (κ3) is 6.03. The van der Waals surface area contributed by atoms with E-state index in [1.54, 1.807) is 20.8 Å². The fourth-order valence-corrected chi connectivity index (χ4v) is 0.886. The quantitative estimate of drug-likeness (QED) is 0.545. The molecule has 0 spiro atoms. The summed E-state index contributed by atoms with van der Waals surface area (Å²) < 4.78 is 4.97. The number of carboxylic acids is 1. The van der Waals surface area contributed by atoms with E-state index in [1.165, 1.54) is 0 Å². The first-order valence-electron chi connectivity index (χ1n) is 4.59. The lowest BCUT2D eigenvalue weighted by Gasteiger charge is -2.21. The largest absolute Gasteiger partial charge is 0.480 e. The topological polar surface area (TPSA) is 116 Å². The standard InChI is InChI=1S/C9H18N2O4/c1-9(2,3)15-6(12)4-5(10)7(11)8(13)14/h5,7H,4,10-11H2,1-3H3,(H,13,14). The van der Waals surface area contributed by atoms with E-state index in [-0.39, 0.29) is 6.42 Å². The molecule has 0 rings (SSSR count). The Hall–Kier alpha value is -1.14. The Bertz CT molecular complexity index is 247. The van der Waals surface area contributed by atoms with Gasteiger partial charge in [0.1, 0.15) is 11.6 Å². The van der Waals surface area contributed by atoms with Gasteiger partial charge in [0.15, 0.2) is 0 Å². The number of hydrogen-bond acceptors (Lipinski definition) is 5. The smallest absolute Gasteiger partial charge is 0.322 e. The first-order chi connectivity index (χ1) is 6.63. The molecule has 2 unspecified atom stereocenters. The molecule has 88 valence electrons. The molecule has 6 nitrogen and oxygen atoms in total. The second-order valence-electron chi connectivity index (χ2n) is 4.32. The zero-order valence-corrected chi connectivity index (χ0v) is 9.19. The van der Waals surface area contributed by atoms with Crippen molar-refractivity contribution in [3.05, 3.63) is 0 Å². The Kier molecular flexibility index (Phi) is 4.70. The van der Waals surface area contributed by atoms with Gasteiger partial charge in [-0.05, 0) is 20.8 Å². The van der Waals surface area contributed by atoms with Crippen LogP contribution < -0.4 is 11.5 Å². The molecule has 0 bridgehead atoms. The SMILES string of the molecule is CC(C)(C)OC(=O)CC(N)C(N)C(=O)O. The van der Waals surface area contributed by atoms with Crippen LogP contribution in [0.1, 0.15) is 27.2 Å². The van der Waals surface area contributed by atoms with E-state index in [4.69, 9.17) is 21.3 Å². The lowest BCUT2D eigenvalue weighted by atomic mass is 10.1. The monoisotopic (exact) mass is 218 g/mol. The first kappa shape index (κ1) is 13.9. The van der Waals surface area contributed by atoms with Crippen LogP contribution in [0.3, 0.4) is 0 Å². The van der Waals surface area contributed by atoms with E-state index in [2.05, 4.69) is 0 Å². The van der Waals surface area contributed by atoms with Gasteiger partial charge in [-0.25, -0.2) is 0 Å². The number of carbonyl (C=O) groups excluding carboxylic acids is 1. The molecule has 0 aromatic rings. The molecule has 0 radical (unpaired) electrons. The summed E-state index contributed by atoms with van der Waals surface area (Å²) in [5.74, 6) is -1.78. The Labute approximate surface area is 88.6 Å². The maximum atomic E-state index is 11.2. The molecule has 0 heterocycles. The van der Waals surface area contributed by atoms with Gasteiger partial charge < -0.3 is 21.3 Å². The van der Waals surface area contributed by atoms with Crippen LogP contribution in [0.2, 0.25) is 0 Å². The highest BCUT2D eigenvalue weighted by Gasteiger charge is 2.25. The lowest BCUT2D eigenvalue weighted by molar-refractivity contribution is -0.155. The van der Waals surface area contributed by atoms with Gasteiger partial charge in [0.25, 0.3) is 0 Å². The molecule has 0 fully saturated rings. The maximum Gasteiger partial charge on any atom is 0.322 e. The van der Waals surface area contributed by atoms with Gasteiger partial charge in [0, 0.05) is 6.04 Å². The molecule has 0 aromatic heterocycles. The van der Waals surface area contributed by atoms with Crippen molar-refractivity contribution in [2.45, 2.75) is 44.9 Å². The minimum Gasteiger partial charge on any atom is -0.480 e. The normalized spacial score (nSPS) is 15.5. The summed E-state index contributed by atoms with van der Waals surface area (Å²) in [5, 5.41) is 8.54. The second-order valence-corrected chi connectivity index (χ2v) is 4.32. The Morgan fingerprint density at radius 2 is 1.80 bits per heavy atom. The zero-order chi connectivity index (χ0) is 12.2. The molecule has 0 amide bonds. The molecule has 0 aliphatic rings. The van der Waals surface area contributed by atoms with Gasteiger partial charge in [-0.2, -0.15) is 0 Å². The van der Waals surface area contributed by atoms with Crippen molar-refractivity contribution in [2.75, 3.05) is 0 Å². The van der Waals surface area contributed by atoms with Crippen LogP contribution in [0.25, 0.3) is 0 Å². The van der Waals surface area contributed by atoms with E-state index in [9.17, 15) is 9.59 Å². The van der Waals surface area contributed by atoms with E-state index in [0.717, 1.165) is 0 Å². The van der Waals surface area contributed by atoms with Gasteiger partial charge in [0.05, 0.1) is 6.42 Å². The molecule has 5 N–H and O–H groups in total. The summed E-state index contributed by atoms with van der Waals surface area (Å²) in [6.07, 6.45) is -0.204. The highest BCUT2D eigenvalue weighted by molar-refractivity contribution is 5.77. The Balaban J connectivity index is 4.13. The predicted octanol–water partition coefficient (Wildman–Crippen LogP) is -0.543. The summed E-state index contributed by atoms with van der Waals surface area (Å²) in [6.45, 7) is 5.15. The summed E-state index contributed by atoms with van der Waals surface area (Å²) in [4.78, 5) is 21.7. The minimum atomic E-state index is -1.25. The summed E-state index contributed by atoms with van der Waals surface area (Å²) in [5.41, 5.74) is 10.1. The lowest BCUT2D eigenvalue weighted by Crippen LogP contribution is -2.48. The van der Waals surface area contributed by atoms with Crippen LogP contribution in [0.15, 0.2) is 0 Å². The fraction of sp³-hybridized carbons (Fsp3) is 0.778. The van der Waals surface area contributed by atoms with E-state index >= 15 is 0 Å². The van der Waals surface area contributed by atoms with Crippen molar-refractivity contribution >= 4 is 11.9 Å². The Morgan fingerprint density at radius 3 is 2.13 bits per heavy atom. The summed E-state index contributed by atoms with van der Waals surface area (Å²) >= 11 is 0. The number of aliphatic carboxylic acids is 1. The first-order valence-corrected chi connectivity index (χ1v) is 4.59. The van der Waals surface area contributed by atoms with Crippen molar-refractivity contribution < 1.29 is 19.4 Å². The third-order valence-corrected chi connectivity index (χ3v) is 1.57. The highest BCUT2D eigenvalue weighted by atomic mass is 16.6. The third-order valence-electron chi connectivity index (χ3n) is 1.57. The number of ether oxygens (including phenoxy) is 1. The minimum absolute atomic E-state index is 0.204. The average Bonchev–Trinajstić information content (AvgIpc) is 1.98. The molecule has 0 aliphatic carbocycles. The fourth-order valence-electron chi connectivity index (χ4n) is 0.886. The van der Waals surface area contributed by atoms with Crippen molar-refractivity contribution in [1.29, 1.82) is 0 Å². The molecule has 0 aliphatic heterocycles. The van der Waals surface area contributed by atoms with Gasteiger partial charge in [-0.15, -0.1) is 0 Å². The molecular weight excluding hydrogens is 200 g/mol. The van der Waals surface area contributed by atoms with Gasteiger partial charge in [-0.3, -0.25) is 9.59 Å². The van der Waals surface area contributed by atoms with E-state index in [1.807, 2.05) is 0 Å². The van der Waals surface area contributed by atoms with E-state index in [0.29, 0.717) is 0 Å². The second kappa shape index (κ2) is 5.09. The maximum absolute atomic E-state index is 11.2. The van der Waals surface area contributed by atoms with Crippen LogP contribution in [0.4, 0.5) is 0 Å². The number of carboxylic acid groups (broad SMARTS) is 1. The van der Waals surface area contributed by atoms with Crippen molar-refractivity contribution in [3.63, 3.8) is 0 Å². The number of carbonyl (C=O) groups is 2. The van der Waals surface area contributed by atoms with Gasteiger partial charge in [-0.1, -0.05) is 0 Å². The van der Waals surface area contributed by atoms with Crippen LogP contribution in [-0.4, -0.2) is 34.7 Å². The van der Waals surface area contributed by atoms with Crippen molar-refractivity contribution in [1.82, 2.24) is 0 Å². The van der Waals surface area contributed by atoms with Gasteiger partial charge in [0.2, 0.25) is 0 Å². The molecule has 15 heavy (non-hydrogen) atoms. The van der Waals surface area contributed by atoms with Crippen molar-refractivity contribution in [3.8, 4) is 0 Å². The molecular formula is C9H18N2O4.